The van der Waals surface area contributed by atoms with Crippen LogP contribution in [0.2, 0.25) is 0 Å². The molecule has 1 aliphatic heterocycles. The molecule has 0 amide bonds. The van der Waals surface area contributed by atoms with Crippen molar-refractivity contribution in [1.82, 2.24) is 15.5 Å². The van der Waals surface area contributed by atoms with Crippen LogP contribution in [0.25, 0.3) is 0 Å². The molecule has 0 radical (unpaired) electrons. The predicted molar refractivity (Wildman–Crippen MR) is 110 cm³/mol. The second-order valence-electron chi connectivity index (χ2n) is 7.63. The number of nitrogens with zero attached hydrogens (tertiary/aromatic N) is 2. The highest BCUT2D eigenvalue weighted by Gasteiger charge is 2.23. The van der Waals surface area contributed by atoms with E-state index in [1.165, 1.54) is 0 Å². The number of rotatable bonds is 11. The lowest BCUT2D eigenvalue weighted by Gasteiger charge is -2.36. The van der Waals surface area contributed by atoms with Gasteiger partial charge in [-0.3, -0.25) is 9.89 Å². The summed E-state index contributed by atoms with van der Waals surface area (Å²) in [5.41, 5.74) is 0. The van der Waals surface area contributed by atoms with Crippen LogP contribution in [0.1, 0.15) is 48.0 Å². The van der Waals surface area contributed by atoms with E-state index in [-0.39, 0.29) is 0 Å². The minimum Gasteiger partial charge on any atom is -0.379 e. The smallest absolute Gasteiger partial charge is 0.191 e. The molecule has 0 aromatic carbocycles. The Hall–Kier alpha value is -0.850. The van der Waals surface area contributed by atoms with Gasteiger partial charge in [0.05, 0.1) is 25.9 Å². The first-order valence-corrected chi connectivity index (χ1v) is 10.4. The number of hydrogen-bond acceptors (Lipinski definition) is 4. The number of nitrogens with one attached hydrogen (secondary N) is 2. The number of guanidine groups is 1. The molecule has 2 unspecified atom stereocenters. The molecular weight excluding hydrogens is 328 g/mol. The Bertz CT molecular complexity index is 382. The molecule has 1 aliphatic rings. The second-order valence-corrected chi connectivity index (χ2v) is 7.63. The van der Waals surface area contributed by atoms with Crippen molar-refractivity contribution in [3.63, 3.8) is 0 Å². The molecule has 0 aromatic heterocycles. The van der Waals surface area contributed by atoms with E-state index in [2.05, 4.69) is 57.1 Å². The van der Waals surface area contributed by atoms with Gasteiger partial charge >= 0.3 is 0 Å². The summed E-state index contributed by atoms with van der Waals surface area (Å²) in [4.78, 5) is 7.39. The van der Waals surface area contributed by atoms with Crippen LogP contribution in [0, 0.1) is 11.8 Å². The van der Waals surface area contributed by atoms with Crippen LogP contribution in [-0.4, -0.2) is 75.5 Å². The Morgan fingerprint density at radius 2 is 1.77 bits per heavy atom. The van der Waals surface area contributed by atoms with Gasteiger partial charge < -0.3 is 20.1 Å². The zero-order chi connectivity index (χ0) is 19.4. The second kappa shape index (κ2) is 13.3. The van der Waals surface area contributed by atoms with E-state index in [0.717, 1.165) is 64.9 Å². The van der Waals surface area contributed by atoms with E-state index in [1.807, 2.05) is 0 Å². The van der Waals surface area contributed by atoms with Crippen molar-refractivity contribution in [1.29, 1.82) is 0 Å². The van der Waals surface area contributed by atoms with Gasteiger partial charge in [-0.15, -0.1) is 0 Å². The van der Waals surface area contributed by atoms with Crippen molar-refractivity contribution in [3.8, 4) is 0 Å². The van der Waals surface area contributed by atoms with E-state index < -0.39 is 0 Å². The molecular formula is C20H42N4O2. The third-order valence-corrected chi connectivity index (χ3v) is 4.91. The van der Waals surface area contributed by atoms with Crippen molar-refractivity contribution >= 4 is 5.96 Å². The monoisotopic (exact) mass is 370 g/mol. The average Bonchev–Trinajstić information content (AvgIpc) is 2.61. The lowest BCUT2D eigenvalue weighted by atomic mass is 10.0. The van der Waals surface area contributed by atoms with E-state index in [1.54, 1.807) is 0 Å². The minimum absolute atomic E-state index is 0.298. The molecule has 6 heteroatoms. The maximum absolute atomic E-state index is 5.84. The standard InChI is InChI=1S/C20H42N4O2/c1-7-21-20(22-10-9-19(17(5)6)26-8-2)23-15-18(16(3)4)24-11-13-25-14-12-24/h16-19H,7-15H2,1-6H3,(H2,21,22,23). The maximum Gasteiger partial charge on any atom is 0.191 e. The fourth-order valence-corrected chi connectivity index (χ4v) is 3.34. The predicted octanol–water partition coefficient (Wildman–Crippen LogP) is 2.35. The molecule has 154 valence electrons. The molecule has 1 saturated heterocycles. The first-order chi connectivity index (χ1) is 12.5. The van der Waals surface area contributed by atoms with Crippen LogP contribution < -0.4 is 10.6 Å². The molecule has 0 aromatic rings. The highest BCUT2D eigenvalue weighted by molar-refractivity contribution is 5.79. The number of morpholine rings is 1. The summed E-state index contributed by atoms with van der Waals surface area (Å²) in [6.45, 7) is 20.2. The Kier molecular flexibility index (Phi) is 11.9. The normalized spacial score (nSPS) is 19.0. The third kappa shape index (κ3) is 8.69. The highest BCUT2D eigenvalue weighted by Crippen LogP contribution is 2.13. The van der Waals surface area contributed by atoms with Crippen LogP contribution in [0.5, 0.6) is 0 Å². The lowest BCUT2D eigenvalue weighted by molar-refractivity contribution is 0.00866. The molecule has 0 bridgehead atoms. The first kappa shape index (κ1) is 23.2. The van der Waals surface area contributed by atoms with Crippen molar-refractivity contribution in [2.75, 3.05) is 52.5 Å². The van der Waals surface area contributed by atoms with Gasteiger partial charge in [0.25, 0.3) is 0 Å². The SMILES string of the molecule is CCNC(=NCC(C(C)C)N1CCOCC1)NCCC(OCC)C(C)C. The van der Waals surface area contributed by atoms with E-state index >= 15 is 0 Å². The molecule has 2 atom stereocenters. The molecule has 1 heterocycles. The zero-order valence-corrected chi connectivity index (χ0v) is 17.9. The van der Waals surface area contributed by atoms with Gasteiger partial charge in [-0.05, 0) is 32.1 Å². The molecule has 0 spiro atoms. The van der Waals surface area contributed by atoms with Crippen LogP contribution in [0.4, 0.5) is 0 Å². The maximum atomic E-state index is 5.84. The first-order valence-electron chi connectivity index (χ1n) is 10.4. The number of aliphatic imine (C=N–C) groups is 1. The number of ether oxygens (including phenoxy) is 2. The van der Waals surface area contributed by atoms with Gasteiger partial charge in [0.1, 0.15) is 0 Å². The summed E-state index contributed by atoms with van der Waals surface area (Å²) in [5.74, 6) is 2.01. The summed E-state index contributed by atoms with van der Waals surface area (Å²) in [7, 11) is 0. The van der Waals surface area contributed by atoms with Crippen LogP contribution in [0.15, 0.2) is 4.99 Å². The van der Waals surface area contributed by atoms with Crippen molar-refractivity contribution in [3.05, 3.63) is 0 Å². The van der Waals surface area contributed by atoms with Crippen molar-refractivity contribution in [2.24, 2.45) is 16.8 Å². The van der Waals surface area contributed by atoms with Crippen LogP contribution >= 0.6 is 0 Å². The van der Waals surface area contributed by atoms with E-state index in [4.69, 9.17) is 14.5 Å². The zero-order valence-electron chi connectivity index (χ0n) is 17.9. The molecule has 1 fully saturated rings. The summed E-state index contributed by atoms with van der Waals surface area (Å²) in [6.07, 6.45) is 1.29. The Morgan fingerprint density at radius 1 is 1.08 bits per heavy atom. The number of hydrogen-bond donors (Lipinski definition) is 2. The Balaban J connectivity index is 2.56. The Morgan fingerprint density at radius 3 is 2.31 bits per heavy atom. The third-order valence-electron chi connectivity index (χ3n) is 4.91. The average molecular weight is 371 g/mol. The fraction of sp³-hybridized carbons (Fsp3) is 0.950. The van der Waals surface area contributed by atoms with Crippen molar-refractivity contribution < 1.29 is 9.47 Å². The molecule has 26 heavy (non-hydrogen) atoms. The molecule has 0 aliphatic carbocycles. The van der Waals surface area contributed by atoms with Gasteiger partial charge in [0.15, 0.2) is 5.96 Å². The molecule has 6 nitrogen and oxygen atoms in total. The van der Waals surface area contributed by atoms with E-state index in [0.29, 0.717) is 24.0 Å². The summed E-state index contributed by atoms with van der Waals surface area (Å²) >= 11 is 0. The quantitative estimate of drug-likeness (QED) is 0.432. The topological polar surface area (TPSA) is 58.1 Å². The van der Waals surface area contributed by atoms with Crippen LogP contribution in [0.3, 0.4) is 0 Å². The van der Waals surface area contributed by atoms with Crippen LogP contribution in [-0.2, 0) is 9.47 Å². The Labute approximate surface area is 161 Å². The highest BCUT2D eigenvalue weighted by atomic mass is 16.5. The lowest BCUT2D eigenvalue weighted by Crippen LogP contribution is -2.48. The van der Waals surface area contributed by atoms with Gasteiger partial charge in [-0.2, -0.15) is 0 Å². The summed E-state index contributed by atoms with van der Waals surface area (Å²) in [6, 6.07) is 0.459. The molecule has 0 saturated carbocycles. The fourth-order valence-electron chi connectivity index (χ4n) is 3.34. The van der Waals surface area contributed by atoms with Gasteiger partial charge in [-0.25, -0.2) is 0 Å². The van der Waals surface area contributed by atoms with Gasteiger partial charge in [0.2, 0.25) is 0 Å². The molecule has 2 N–H and O–H groups in total. The summed E-state index contributed by atoms with van der Waals surface area (Å²) in [5, 5.41) is 6.85. The largest absolute Gasteiger partial charge is 0.379 e. The molecule has 1 rings (SSSR count). The van der Waals surface area contributed by atoms with Gasteiger partial charge in [0, 0.05) is 38.8 Å². The van der Waals surface area contributed by atoms with E-state index in [9.17, 15) is 0 Å². The minimum atomic E-state index is 0.298. The summed E-state index contributed by atoms with van der Waals surface area (Å²) < 4.78 is 11.3. The van der Waals surface area contributed by atoms with Crippen molar-refractivity contribution in [2.45, 2.75) is 60.1 Å². The van der Waals surface area contributed by atoms with Gasteiger partial charge in [-0.1, -0.05) is 27.7 Å².